The maximum absolute atomic E-state index is 11.9. The summed E-state index contributed by atoms with van der Waals surface area (Å²) in [6, 6.07) is 20.0. The number of hydrogen-bond donors (Lipinski definition) is 1. The van der Waals surface area contributed by atoms with Gasteiger partial charge >= 0.3 is 0 Å². The lowest BCUT2D eigenvalue weighted by molar-refractivity contribution is -0.127. The van der Waals surface area contributed by atoms with Gasteiger partial charge in [-0.2, -0.15) is 0 Å². The highest BCUT2D eigenvalue weighted by Gasteiger charge is 2.25. The summed E-state index contributed by atoms with van der Waals surface area (Å²) in [7, 11) is 0. The minimum Gasteiger partial charge on any atom is -0.457 e. The second kappa shape index (κ2) is 9.99. The highest BCUT2D eigenvalue weighted by Crippen LogP contribution is 2.32. The first-order valence-corrected chi connectivity index (χ1v) is 10.8. The summed E-state index contributed by atoms with van der Waals surface area (Å²) in [6.07, 6.45) is 2.88. The van der Waals surface area contributed by atoms with Crippen LogP contribution in [0.3, 0.4) is 0 Å². The third-order valence-electron chi connectivity index (χ3n) is 5.56. The van der Waals surface area contributed by atoms with Crippen molar-refractivity contribution in [3.8, 4) is 23.1 Å². The van der Waals surface area contributed by atoms with E-state index in [1.54, 1.807) is 41.3 Å². The fourth-order valence-electron chi connectivity index (χ4n) is 3.78. The molecule has 4 rings (SSSR count). The number of rotatable bonds is 7. The molecule has 0 saturated carbocycles. The molecule has 33 heavy (non-hydrogen) atoms. The molecule has 1 saturated heterocycles. The van der Waals surface area contributed by atoms with Crippen LogP contribution in [0, 0.1) is 0 Å². The first-order chi connectivity index (χ1) is 16.0. The Kier molecular flexibility index (Phi) is 6.69. The standard InChI is InChI=1S/C26H25N3O4/c1-2-24(30)29-16-14-18(15-17-29)23-13-12-22(25(27)31)26(28-23)33-21-10-8-20(9-11-21)32-19-6-4-3-5-7-19/h2-13,18H,1,14-17H2,(H2,27,31). The van der Waals surface area contributed by atoms with E-state index >= 15 is 0 Å². The van der Waals surface area contributed by atoms with Crippen molar-refractivity contribution in [2.45, 2.75) is 18.8 Å². The summed E-state index contributed by atoms with van der Waals surface area (Å²) in [5.41, 5.74) is 6.56. The van der Waals surface area contributed by atoms with E-state index in [0.717, 1.165) is 24.3 Å². The van der Waals surface area contributed by atoms with Crippen LogP contribution in [0.25, 0.3) is 0 Å². The van der Waals surface area contributed by atoms with Crippen molar-refractivity contribution in [3.05, 3.63) is 90.6 Å². The lowest BCUT2D eigenvalue weighted by Gasteiger charge is -2.31. The van der Waals surface area contributed by atoms with Crippen molar-refractivity contribution in [2.24, 2.45) is 5.73 Å². The number of amides is 2. The molecule has 7 heteroatoms. The van der Waals surface area contributed by atoms with Crippen molar-refractivity contribution in [2.75, 3.05) is 13.1 Å². The van der Waals surface area contributed by atoms with Gasteiger partial charge in [-0.15, -0.1) is 0 Å². The summed E-state index contributed by atoms with van der Waals surface area (Å²) >= 11 is 0. The van der Waals surface area contributed by atoms with Crippen molar-refractivity contribution in [1.82, 2.24) is 9.88 Å². The van der Waals surface area contributed by atoms with Gasteiger partial charge < -0.3 is 20.1 Å². The molecular formula is C26H25N3O4. The number of primary amides is 1. The number of benzene rings is 2. The Hall–Kier alpha value is -4.13. The molecule has 1 aromatic heterocycles. The number of piperidine rings is 1. The minimum absolute atomic E-state index is 0.0609. The van der Waals surface area contributed by atoms with E-state index in [9.17, 15) is 9.59 Å². The molecule has 0 radical (unpaired) electrons. The van der Waals surface area contributed by atoms with Crippen LogP contribution in [0.1, 0.15) is 34.8 Å². The minimum atomic E-state index is -0.612. The maximum Gasteiger partial charge on any atom is 0.254 e. The average Bonchev–Trinajstić information content (AvgIpc) is 2.85. The Morgan fingerprint density at radius 1 is 0.909 bits per heavy atom. The lowest BCUT2D eigenvalue weighted by Crippen LogP contribution is -2.37. The molecule has 2 aromatic carbocycles. The van der Waals surface area contributed by atoms with Gasteiger partial charge in [0.2, 0.25) is 11.8 Å². The van der Waals surface area contributed by atoms with E-state index in [0.29, 0.717) is 24.6 Å². The van der Waals surface area contributed by atoms with Crippen LogP contribution in [0.15, 0.2) is 79.4 Å². The van der Waals surface area contributed by atoms with Gasteiger partial charge in [-0.3, -0.25) is 9.59 Å². The summed E-state index contributed by atoms with van der Waals surface area (Å²) in [4.78, 5) is 30.2. The molecule has 2 heterocycles. The number of nitrogens with two attached hydrogens (primary N) is 1. The van der Waals surface area contributed by atoms with Gasteiger partial charge in [0.15, 0.2) is 0 Å². The molecule has 1 aliphatic heterocycles. The van der Waals surface area contributed by atoms with Crippen LogP contribution in [0.4, 0.5) is 0 Å². The maximum atomic E-state index is 11.9. The van der Waals surface area contributed by atoms with Crippen molar-refractivity contribution >= 4 is 11.8 Å². The number of carbonyl (C=O) groups excluding carboxylic acids is 2. The SMILES string of the molecule is C=CC(=O)N1CCC(c2ccc(C(N)=O)c(Oc3ccc(Oc4ccccc4)cc3)n2)CC1. The Morgan fingerprint density at radius 2 is 1.52 bits per heavy atom. The molecule has 1 aliphatic rings. The Balaban J connectivity index is 1.49. The molecule has 0 bridgehead atoms. The zero-order chi connectivity index (χ0) is 23.2. The number of para-hydroxylation sites is 1. The largest absolute Gasteiger partial charge is 0.457 e. The highest BCUT2D eigenvalue weighted by atomic mass is 16.5. The van der Waals surface area contributed by atoms with E-state index in [1.807, 2.05) is 30.3 Å². The number of aromatic nitrogens is 1. The number of ether oxygens (including phenoxy) is 2. The Morgan fingerprint density at radius 3 is 2.12 bits per heavy atom. The first kappa shape index (κ1) is 22.1. The van der Waals surface area contributed by atoms with Crippen molar-refractivity contribution in [1.29, 1.82) is 0 Å². The van der Waals surface area contributed by atoms with Gasteiger partial charge in [0.25, 0.3) is 5.91 Å². The topological polar surface area (TPSA) is 94.8 Å². The van der Waals surface area contributed by atoms with Crippen LogP contribution in [-0.4, -0.2) is 34.8 Å². The monoisotopic (exact) mass is 443 g/mol. The van der Waals surface area contributed by atoms with Crippen LogP contribution >= 0.6 is 0 Å². The van der Waals surface area contributed by atoms with Gasteiger partial charge in [-0.05, 0) is 67.4 Å². The van der Waals surface area contributed by atoms with Crippen molar-refractivity contribution < 1.29 is 19.1 Å². The van der Waals surface area contributed by atoms with Gasteiger partial charge in [0, 0.05) is 24.7 Å². The zero-order valence-corrected chi connectivity index (χ0v) is 18.1. The molecule has 2 N–H and O–H groups in total. The third-order valence-corrected chi connectivity index (χ3v) is 5.56. The zero-order valence-electron chi connectivity index (χ0n) is 18.1. The van der Waals surface area contributed by atoms with E-state index in [4.69, 9.17) is 15.2 Å². The fraction of sp³-hybridized carbons (Fsp3) is 0.192. The highest BCUT2D eigenvalue weighted by molar-refractivity contribution is 5.95. The predicted molar refractivity (Wildman–Crippen MR) is 125 cm³/mol. The van der Waals surface area contributed by atoms with E-state index in [1.165, 1.54) is 6.08 Å². The summed E-state index contributed by atoms with van der Waals surface area (Å²) < 4.78 is 11.7. The van der Waals surface area contributed by atoms with Crippen molar-refractivity contribution in [3.63, 3.8) is 0 Å². The molecule has 2 amide bonds. The molecule has 7 nitrogen and oxygen atoms in total. The average molecular weight is 444 g/mol. The lowest BCUT2D eigenvalue weighted by atomic mass is 9.92. The van der Waals surface area contributed by atoms with Gasteiger partial charge in [0.05, 0.1) is 0 Å². The summed E-state index contributed by atoms with van der Waals surface area (Å²) in [5, 5.41) is 0. The van der Waals surface area contributed by atoms with Crippen LogP contribution in [0.2, 0.25) is 0 Å². The second-order valence-electron chi connectivity index (χ2n) is 7.75. The Bertz CT molecular complexity index is 1140. The van der Waals surface area contributed by atoms with Crippen LogP contribution in [-0.2, 0) is 4.79 Å². The molecule has 168 valence electrons. The molecular weight excluding hydrogens is 418 g/mol. The fourth-order valence-corrected chi connectivity index (χ4v) is 3.78. The van der Waals surface area contributed by atoms with E-state index in [2.05, 4.69) is 11.6 Å². The molecule has 0 spiro atoms. The quantitative estimate of drug-likeness (QED) is 0.536. The normalized spacial score (nSPS) is 13.9. The van der Waals surface area contributed by atoms with E-state index in [-0.39, 0.29) is 23.3 Å². The number of pyridine rings is 1. The molecule has 0 unspecified atom stereocenters. The van der Waals surface area contributed by atoms with Crippen LogP contribution < -0.4 is 15.2 Å². The van der Waals surface area contributed by atoms with Gasteiger partial charge in [0.1, 0.15) is 22.8 Å². The number of likely N-dealkylation sites (tertiary alicyclic amines) is 1. The molecule has 0 aliphatic carbocycles. The number of hydrogen-bond acceptors (Lipinski definition) is 5. The molecule has 1 fully saturated rings. The van der Waals surface area contributed by atoms with Gasteiger partial charge in [-0.1, -0.05) is 24.8 Å². The van der Waals surface area contributed by atoms with Gasteiger partial charge in [-0.25, -0.2) is 4.98 Å². The second-order valence-corrected chi connectivity index (χ2v) is 7.75. The first-order valence-electron chi connectivity index (χ1n) is 10.8. The third kappa shape index (κ3) is 5.38. The van der Waals surface area contributed by atoms with Crippen LogP contribution in [0.5, 0.6) is 23.1 Å². The Labute approximate surface area is 192 Å². The summed E-state index contributed by atoms with van der Waals surface area (Å²) in [5.74, 6) is 1.55. The summed E-state index contributed by atoms with van der Waals surface area (Å²) in [6.45, 7) is 4.81. The number of nitrogens with zero attached hydrogens (tertiary/aromatic N) is 2. The smallest absolute Gasteiger partial charge is 0.254 e. The molecule has 0 atom stereocenters. The van der Waals surface area contributed by atoms with E-state index < -0.39 is 5.91 Å². The number of carbonyl (C=O) groups is 2. The predicted octanol–water partition coefficient (Wildman–Crippen LogP) is 4.66. The molecule has 3 aromatic rings.